The molecule has 0 atom stereocenters. The summed E-state index contributed by atoms with van der Waals surface area (Å²) < 4.78 is 19.7. The van der Waals surface area contributed by atoms with Crippen molar-refractivity contribution in [3.05, 3.63) is 78.7 Å². The minimum absolute atomic E-state index is 0.0528. The van der Waals surface area contributed by atoms with E-state index in [9.17, 15) is 9.50 Å². The van der Waals surface area contributed by atoms with Crippen LogP contribution in [0.3, 0.4) is 0 Å². The Kier molecular flexibility index (Phi) is 6.33. The van der Waals surface area contributed by atoms with Crippen LogP contribution in [0.25, 0.3) is 11.1 Å². The Bertz CT molecular complexity index is 712. The molecular weight excluding hydrogens is 303 g/mol. The average molecular weight is 326 g/mol. The Balaban J connectivity index is 2.64. The van der Waals surface area contributed by atoms with Crippen LogP contribution < -0.4 is 4.74 Å². The van der Waals surface area contributed by atoms with Crippen molar-refractivity contribution in [2.75, 3.05) is 7.11 Å². The van der Waals surface area contributed by atoms with Gasteiger partial charge in [-0.3, -0.25) is 0 Å². The number of hydrogen-bond donors (Lipinski definition) is 1. The maximum Gasteiger partial charge on any atom is 0.131 e. The number of aliphatic hydroxyl groups is 1. The predicted molar refractivity (Wildman–Crippen MR) is 96.7 cm³/mol. The molecule has 0 unspecified atom stereocenters. The van der Waals surface area contributed by atoms with Crippen molar-refractivity contribution >= 4 is 0 Å². The van der Waals surface area contributed by atoms with E-state index in [0.29, 0.717) is 11.3 Å². The van der Waals surface area contributed by atoms with Crippen LogP contribution in [0.1, 0.15) is 29.9 Å². The van der Waals surface area contributed by atoms with Crippen molar-refractivity contribution in [1.29, 1.82) is 0 Å². The molecule has 0 aromatic heterocycles. The first kappa shape index (κ1) is 18.0. The van der Waals surface area contributed by atoms with Gasteiger partial charge in [0.25, 0.3) is 0 Å². The fourth-order valence-corrected chi connectivity index (χ4v) is 2.88. The lowest BCUT2D eigenvalue weighted by molar-refractivity contribution is 0.281. The van der Waals surface area contributed by atoms with E-state index in [-0.39, 0.29) is 18.3 Å². The third-order valence-corrected chi connectivity index (χ3v) is 4.10. The summed E-state index contributed by atoms with van der Waals surface area (Å²) in [6.45, 7) is 7.59. The van der Waals surface area contributed by atoms with Crippen molar-refractivity contribution < 1.29 is 14.2 Å². The highest BCUT2D eigenvalue weighted by Crippen LogP contribution is 2.37. The lowest BCUT2D eigenvalue weighted by atomic mass is 9.85. The lowest BCUT2D eigenvalue weighted by Crippen LogP contribution is -2.02. The molecule has 3 heteroatoms. The molecule has 0 bridgehead atoms. The van der Waals surface area contributed by atoms with E-state index in [2.05, 4.69) is 13.2 Å². The summed E-state index contributed by atoms with van der Waals surface area (Å²) in [7, 11) is 1.56. The van der Waals surface area contributed by atoms with Crippen LogP contribution in [-0.4, -0.2) is 12.2 Å². The monoisotopic (exact) mass is 326 g/mol. The molecule has 2 nitrogen and oxygen atoms in total. The highest BCUT2D eigenvalue weighted by Gasteiger charge is 2.18. The first-order valence-electron chi connectivity index (χ1n) is 7.94. The Morgan fingerprint density at radius 3 is 2.38 bits per heavy atom. The summed E-state index contributed by atoms with van der Waals surface area (Å²) in [6, 6.07) is 10.3. The number of ether oxygens (including phenoxy) is 1. The Morgan fingerprint density at radius 1 is 1.08 bits per heavy atom. The van der Waals surface area contributed by atoms with Crippen molar-refractivity contribution in [2.24, 2.45) is 0 Å². The van der Waals surface area contributed by atoms with E-state index in [1.165, 1.54) is 6.07 Å². The second kappa shape index (κ2) is 8.46. The standard InChI is InChI=1S/C21H23FO2/c1-4-6-16(7-5-2)19-12-15(14-23)8-10-18(19)20-13-17(24-3)9-11-21(20)22/h4-5,8-13,16,23H,1-2,6-7,14H2,3H3. The second-order valence-electron chi connectivity index (χ2n) is 5.67. The van der Waals surface area contributed by atoms with E-state index in [1.807, 2.05) is 30.4 Å². The molecule has 0 aliphatic heterocycles. The summed E-state index contributed by atoms with van der Waals surface area (Å²) in [6.07, 6.45) is 5.20. The first-order chi connectivity index (χ1) is 11.6. The lowest BCUT2D eigenvalue weighted by Gasteiger charge is -2.20. The number of hydrogen-bond acceptors (Lipinski definition) is 2. The zero-order chi connectivity index (χ0) is 17.5. The molecule has 126 valence electrons. The molecule has 2 aromatic rings. The number of allylic oxidation sites excluding steroid dienone is 2. The highest BCUT2D eigenvalue weighted by molar-refractivity contribution is 5.70. The van der Waals surface area contributed by atoms with Gasteiger partial charge in [-0.1, -0.05) is 30.4 Å². The van der Waals surface area contributed by atoms with Crippen LogP contribution in [0.4, 0.5) is 4.39 Å². The van der Waals surface area contributed by atoms with Crippen LogP contribution in [0.2, 0.25) is 0 Å². The molecule has 0 amide bonds. The van der Waals surface area contributed by atoms with Gasteiger partial charge in [0.2, 0.25) is 0 Å². The Hall–Kier alpha value is -2.39. The molecule has 0 spiro atoms. The van der Waals surface area contributed by atoms with Crippen molar-refractivity contribution in [1.82, 2.24) is 0 Å². The average Bonchev–Trinajstić information content (AvgIpc) is 2.61. The summed E-state index contributed by atoms with van der Waals surface area (Å²) in [5, 5.41) is 9.47. The number of benzene rings is 2. The highest BCUT2D eigenvalue weighted by atomic mass is 19.1. The van der Waals surface area contributed by atoms with Crippen LogP contribution >= 0.6 is 0 Å². The number of methoxy groups -OCH3 is 1. The zero-order valence-electron chi connectivity index (χ0n) is 14.0. The molecule has 0 saturated heterocycles. The predicted octanol–water partition coefficient (Wildman–Crippen LogP) is 5.23. The molecule has 0 aliphatic rings. The van der Waals surface area contributed by atoms with Gasteiger partial charge in [-0.25, -0.2) is 4.39 Å². The van der Waals surface area contributed by atoms with Gasteiger partial charge in [-0.2, -0.15) is 0 Å². The van der Waals surface area contributed by atoms with Crippen LogP contribution in [0, 0.1) is 5.82 Å². The zero-order valence-corrected chi connectivity index (χ0v) is 14.0. The summed E-state index contributed by atoms with van der Waals surface area (Å²) >= 11 is 0. The smallest absolute Gasteiger partial charge is 0.131 e. The molecule has 0 fully saturated rings. The summed E-state index contributed by atoms with van der Waals surface area (Å²) in [5.74, 6) is 0.435. The van der Waals surface area contributed by atoms with Crippen molar-refractivity contribution in [2.45, 2.75) is 25.4 Å². The first-order valence-corrected chi connectivity index (χ1v) is 7.94. The second-order valence-corrected chi connectivity index (χ2v) is 5.67. The minimum Gasteiger partial charge on any atom is -0.497 e. The topological polar surface area (TPSA) is 29.5 Å². The van der Waals surface area contributed by atoms with Gasteiger partial charge in [-0.15, -0.1) is 13.2 Å². The van der Waals surface area contributed by atoms with E-state index in [0.717, 1.165) is 29.5 Å². The molecule has 0 radical (unpaired) electrons. The number of aliphatic hydroxyl groups excluding tert-OH is 1. The number of rotatable bonds is 8. The normalized spacial score (nSPS) is 10.7. The fourth-order valence-electron chi connectivity index (χ4n) is 2.88. The largest absolute Gasteiger partial charge is 0.497 e. The van der Waals surface area contributed by atoms with E-state index < -0.39 is 0 Å². The van der Waals surface area contributed by atoms with Gasteiger partial charge in [0.1, 0.15) is 11.6 Å². The Labute approximate surface area is 142 Å². The SMILES string of the molecule is C=CCC(CC=C)c1cc(CO)ccc1-c1cc(OC)ccc1F. The number of halogens is 1. The quantitative estimate of drug-likeness (QED) is 0.673. The summed E-state index contributed by atoms with van der Waals surface area (Å²) in [4.78, 5) is 0. The van der Waals surface area contributed by atoms with Gasteiger partial charge < -0.3 is 9.84 Å². The van der Waals surface area contributed by atoms with E-state index in [4.69, 9.17) is 4.74 Å². The molecule has 0 heterocycles. The van der Waals surface area contributed by atoms with Crippen molar-refractivity contribution in [3.63, 3.8) is 0 Å². The van der Waals surface area contributed by atoms with E-state index >= 15 is 0 Å². The summed E-state index contributed by atoms with van der Waals surface area (Å²) in [5.41, 5.74) is 3.08. The van der Waals surface area contributed by atoms with E-state index in [1.54, 1.807) is 19.2 Å². The third kappa shape index (κ3) is 3.92. The third-order valence-electron chi connectivity index (χ3n) is 4.10. The van der Waals surface area contributed by atoms with Crippen molar-refractivity contribution in [3.8, 4) is 16.9 Å². The molecular formula is C21H23FO2. The molecule has 24 heavy (non-hydrogen) atoms. The molecule has 2 aromatic carbocycles. The molecule has 0 saturated carbocycles. The minimum atomic E-state index is -0.301. The van der Waals surface area contributed by atoms with Gasteiger partial charge in [-0.05, 0) is 53.6 Å². The molecule has 1 N–H and O–H groups in total. The van der Waals surface area contributed by atoms with Gasteiger partial charge >= 0.3 is 0 Å². The van der Waals surface area contributed by atoms with Crippen LogP contribution in [0.15, 0.2) is 61.7 Å². The maximum atomic E-state index is 14.4. The molecule has 0 aliphatic carbocycles. The van der Waals surface area contributed by atoms with Crippen LogP contribution in [0.5, 0.6) is 5.75 Å². The van der Waals surface area contributed by atoms with Gasteiger partial charge in [0, 0.05) is 5.56 Å². The maximum absolute atomic E-state index is 14.4. The van der Waals surface area contributed by atoms with Crippen LogP contribution in [-0.2, 0) is 6.61 Å². The fraction of sp³-hybridized carbons (Fsp3) is 0.238. The Morgan fingerprint density at radius 2 is 1.79 bits per heavy atom. The molecule has 2 rings (SSSR count). The van der Waals surface area contributed by atoms with Gasteiger partial charge in [0.05, 0.1) is 13.7 Å². The van der Waals surface area contributed by atoms with Gasteiger partial charge in [0.15, 0.2) is 0 Å².